The first-order chi connectivity index (χ1) is 8.90. The third-order valence-electron chi connectivity index (χ3n) is 2.99. The molecular weight excluding hydrogens is 321 g/mol. The van der Waals surface area contributed by atoms with Crippen molar-refractivity contribution in [2.75, 3.05) is 0 Å². The molecule has 0 aromatic heterocycles. The summed E-state index contributed by atoms with van der Waals surface area (Å²) < 4.78 is 39.5. The molecule has 0 aliphatic heterocycles. The van der Waals surface area contributed by atoms with Gasteiger partial charge in [-0.05, 0) is 24.1 Å². The minimum Gasteiger partial charge on any atom is -0.271 e. The van der Waals surface area contributed by atoms with E-state index in [1.54, 1.807) is 6.07 Å². The summed E-state index contributed by atoms with van der Waals surface area (Å²) >= 11 is 3.07. The summed E-state index contributed by atoms with van der Waals surface area (Å²) in [7, 11) is 0. The average molecular weight is 339 g/mol. The number of hydrogen-bond acceptors (Lipinski definition) is 2. The number of nitrogens with two attached hydrogens (primary N) is 1. The third kappa shape index (κ3) is 4.78. The molecule has 3 N–H and O–H groups in total. The van der Waals surface area contributed by atoms with Crippen molar-refractivity contribution in [3.8, 4) is 0 Å². The van der Waals surface area contributed by atoms with Crippen LogP contribution in [0.4, 0.5) is 13.2 Å². The molecule has 0 bridgehead atoms. The van der Waals surface area contributed by atoms with Crippen LogP contribution in [-0.4, -0.2) is 0 Å². The van der Waals surface area contributed by atoms with Crippen molar-refractivity contribution in [1.29, 1.82) is 0 Å². The average Bonchev–Trinajstić information content (AvgIpc) is 2.34. The molecule has 0 aliphatic carbocycles. The van der Waals surface area contributed by atoms with Gasteiger partial charge in [-0.3, -0.25) is 11.3 Å². The number of benzene rings is 1. The van der Waals surface area contributed by atoms with Crippen LogP contribution in [0.25, 0.3) is 0 Å². The maximum atomic E-state index is 13.0. The first-order valence-electron chi connectivity index (χ1n) is 6.23. The van der Waals surface area contributed by atoms with E-state index in [2.05, 4.69) is 21.4 Å². The van der Waals surface area contributed by atoms with E-state index in [9.17, 15) is 13.2 Å². The second kappa shape index (κ2) is 7.26. The van der Waals surface area contributed by atoms with Crippen molar-refractivity contribution >= 4 is 15.9 Å². The topological polar surface area (TPSA) is 38.0 Å². The van der Waals surface area contributed by atoms with E-state index in [1.807, 2.05) is 6.92 Å². The van der Waals surface area contributed by atoms with Crippen molar-refractivity contribution in [2.45, 2.75) is 44.8 Å². The molecule has 1 aromatic rings. The van der Waals surface area contributed by atoms with Gasteiger partial charge in [0.05, 0.1) is 5.56 Å². The van der Waals surface area contributed by atoms with Crippen molar-refractivity contribution in [2.24, 2.45) is 5.84 Å². The molecule has 0 saturated carbocycles. The Morgan fingerprint density at radius 3 is 2.53 bits per heavy atom. The van der Waals surface area contributed by atoms with Gasteiger partial charge in [0.1, 0.15) is 0 Å². The highest BCUT2D eigenvalue weighted by molar-refractivity contribution is 9.10. The summed E-state index contributed by atoms with van der Waals surface area (Å²) in [4.78, 5) is 0. The van der Waals surface area contributed by atoms with Gasteiger partial charge in [0.15, 0.2) is 0 Å². The molecule has 0 aliphatic rings. The molecule has 19 heavy (non-hydrogen) atoms. The lowest BCUT2D eigenvalue weighted by Crippen LogP contribution is -2.29. The van der Waals surface area contributed by atoms with Crippen LogP contribution < -0.4 is 11.3 Å². The number of unbranched alkanes of at least 4 members (excludes halogenated alkanes) is 2. The highest BCUT2D eigenvalue weighted by Crippen LogP contribution is 2.37. The Morgan fingerprint density at radius 2 is 2.00 bits per heavy atom. The van der Waals surface area contributed by atoms with Gasteiger partial charge in [0.2, 0.25) is 0 Å². The lowest BCUT2D eigenvalue weighted by Gasteiger charge is -2.21. The number of halogens is 4. The highest BCUT2D eigenvalue weighted by Gasteiger charge is 2.35. The molecule has 0 spiro atoms. The molecule has 1 atom stereocenters. The Bertz CT molecular complexity index is 407. The monoisotopic (exact) mass is 338 g/mol. The molecule has 1 unspecified atom stereocenters. The van der Waals surface area contributed by atoms with Crippen LogP contribution in [0.3, 0.4) is 0 Å². The van der Waals surface area contributed by atoms with Gasteiger partial charge in [-0.1, -0.05) is 48.2 Å². The first kappa shape index (κ1) is 16.5. The Kier molecular flexibility index (Phi) is 6.29. The van der Waals surface area contributed by atoms with Gasteiger partial charge in [-0.15, -0.1) is 0 Å². The summed E-state index contributed by atoms with van der Waals surface area (Å²) in [6.45, 7) is 2.05. The van der Waals surface area contributed by atoms with Crippen LogP contribution in [0.15, 0.2) is 22.7 Å². The lowest BCUT2D eigenvalue weighted by molar-refractivity contribution is -0.138. The van der Waals surface area contributed by atoms with Crippen LogP contribution in [0, 0.1) is 0 Å². The van der Waals surface area contributed by atoms with Gasteiger partial charge < -0.3 is 0 Å². The summed E-state index contributed by atoms with van der Waals surface area (Å²) in [6, 6.07) is 3.70. The SMILES string of the molecule is CCCCCC(NN)c1ccc(Br)cc1C(F)(F)F. The van der Waals surface area contributed by atoms with E-state index < -0.39 is 17.8 Å². The Hall–Kier alpha value is -0.590. The maximum Gasteiger partial charge on any atom is 0.416 e. The number of hydrazine groups is 1. The largest absolute Gasteiger partial charge is 0.416 e. The van der Waals surface area contributed by atoms with E-state index in [1.165, 1.54) is 6.07 Å². The maximum absolute atomic E-state index is 13.0. The lowest BCUT2D eigenvalue weighted by atomic mass is 9.96. The molecular formula is C13H18BrF3N2. The second-order valence-corrected chi connectivity index (χ2v) is 5.36. The van der Waals surface area contributed by atoms with E-state index in [4.69, 9.17) is 5.84 Å². The first-order valence-corrected chi connectivity index (χ1v) is 7.02. The number of hydrogen-bond donors (Lipinski definition) is 2. The van der Waals surface area contributed by atoms with E-state index >= 15 is 0 Å². The van der Waals surface area contributed by atoms with Gasteiger partial charge in [-0.2, -0.15) is 13.2 Å². The smallest absolute Gasteiger partial charge is 0.271 e. The summed E-state index contributed by atoms with van der Waals surface area (Å²) in [5.74, 6) is 5.41. The molecule has 0 amide bonds. The fraction of sp³-hybridized carbons (Fsp3) is 0.538. The van der Waals surface area contributed by atoms with E-state index in [-0.39, 0.29) is 5.56 Å². The number of alkyl halides is 3. The predicted octanol–water partition coefficient (Wildman–Crippen LogP) is 4.55. The van der Waals surface area contributed by atoms with Crippen molar-refractivity contribution in [3.05, 3.63) is 33.8 Å². The zero-order valence-corrected chi connectivity index (χ0v) is 12.3. The number of rotatable bonds is 6. The zero-order valence-electron chi connectivity index (χ0n) is 10.7. The third-order valence-corrected chi connectivity index (χ3v) is 3.49. The quantitative estimate of drug-likeness (QED) is 0.453. The standard InChI is InChI=1S/C13H18BrF3N2/c1-2-3-4-5-12(19-18)10-7-6-9(14)8-11(10)13(15,16)17/h6-8,12,19H,2-5,18H2,1H3. The molecule has 0 heterocycles. The van der Waals surface area contributed by atoms with Crippen LogP contribution >= 0.6 is 15.9 Å². The second-order valence-electron chi connectivity index (χ2n) is 4.44. The zero-order chi connectivity index (χ0) is 14.5. The van der Waals surface area contributed by atoms with Crippen LogP contribution in [0.1, 0.15) is 49.8 Å². The molecule has 0 saturated heterocycles. The molecule has 0 fully saturated rings. The molecule has 1 aromatic carbocycles. The summed E-state index contributed by atoms with van der Waals surface area (Å²) in [5, 5.41) is 0. The van der Waals surface area contributed by atoms with Gasteiger partial charge in [0.25, 0.3) is 0 Å². The minimum atomic E-state index is -4.38. The van der Waals surface area contributed by atoms with Crippen LogP contribution in [0.5, 0.6) is 0 Å². The molecule has 1 rings (SSSR count). The predicted molar refractivity (Wildman–Crippen MR) is 73.4 cm³/mol. The molecule has 2 nitrogen and oxygen atoms in total. The summed E-state index contributed by atoms with van der Waals surface area (Å²) in [6.07, 6.45) is -0.938. The molecule has 6 heteroatoms. The normalized spacial score (nSPS) is 13.6. The highest BCUT2D eigenvalue weighted by atomic mass is 79.9. The van der Waals surface area contributed by atoms with Crippen LogP contribution in [-0.2, 0) is 6.18 Å². The molecule has 0 radical (unpaired) electrons. The van der Waals surface area contributed by atoms with Crippen LogP contribution in [0.2, 0.25) is 0 Å². The fourth-order valence-corrected chi connectivity index (χ4v) is 2.37. The minimum absolute atomic E-state index is 0.203. The Morgan fingerprint density at radius 1 is 1.32 bits per heavy atom. The Labute approximate surface area is 119 Å². The van der Waals surface area contributed by atoms with Crippen molar-refractivity contribution < 1.29 is 13.2 Å². The number of nitrogens with one attached hydrogen (secondary N) is 1. The fourth-order valence-electron chi connectivity index (χ4n) is 2.00. The molecule has 108 valence electrons. The van der Waals surface area contributed by atoms with E-state index in [0.717, 1.165) is 25.3 Å². The van der Waals surface area contributed by atoms with Gasteiger partial charge in [0, 0.05) is 10.5 Å². The Balaban J connectivity index is 3.02. The van der Waals surface area contributed by atoms with Gasteiger partial charge >= 0.3 is 6.18 Å². The van der Waals surface area contributed by atoms with Crippen molar-refractivity contribution in [1.82, 2.24) is 5.43 Å². The van der Waals surface area contributed by atoms with Gasteiger partial charge in [-0.25, -0.2) is 0 Å². The summed E-state index contributed by atoms with van der Waals surface area (Å²) in [5.41, 5.74) is 2.06. The van der Waals surface area contributed by atoms with Crippen molar-refractivity contribution in [3.63, 3.8) is 0 Å². The van der Waals surface area contributed by atoms with E-state index in [0.29, 0.717) is 10.9 Å².